The maximum absolute atomic E-state index is 14.0. The van der Waals surface area contributed by atoms with Crippen LogP contribution in [0.2, 0.25) is 5.02 Å². The molecule has 1 N–H and O–H groups in total. The number of amides is 2. The van der Waals surface area contributed by atoms with E-state index in [1.54, 1.807) is 29.2 Å². The molecule has 5 rings (SSSR count). The van der Waals surface area contributed by atoms with E-state index in [0.717, 1.165) is 10.4 Å². The lowest BCUT2D eigenvalue weighted by Gasteiger charge is -2.35. The molecule has 0 bridgehead atoms. The van der Waals surface area contributed by atoms with Gasteiger partial charge in [0, 0.05) is 10.7 Å². The summed E-state index contributed by atoms with van der Waals surface area (Å²) < 4.78 is 19.7. The van der Waals surface area contributed by atoms with Gasteiger partial charge in [0.1, 0.15) is 5.82 Å². The SMILES string of the molecule is CC1=C(c2nc(-c3cccs3)no2)C(c2cccc(F)c2)NC(=O)N1Cc1ccc(Cl)cc1. The highest BCUT2D eigenvalue weighted by Gasteiger charge is 2.36. The molecule has 1 atom stereocenters. The first-order valence-corrected chi connectivity index (χ1v) is 11.4. The molecule has 3 heterocycles. The van der Waals surface area contributed by atoms with E-state index in [2.05, 4.69) is 15.5 Å². The van der Waals surface area contributed by atoms with Crippen LogP contribution < -0.4 is 5.32 Å². The molecule has 2 aromatic carbocycles. The standard InChI is InChI=1S/C24H18ClFN4O2S/c1-14-20(23-28-22(29-32-23)19-6-3-11-33-19)21(16-4-2-5-18(26)12-16)27-24(31)30(14)13-15-7-9-17(25)10-8-15/h2-12,21H,13H2,1H3,(H,27,31). The van der Waals surface area contributed by atoms with Crippen LogP contribution in [0.5, 0.6) is 0 Å². The molecule has 166 valence electrons. The molecule has 0 saturated heterocycles. The van der Waals surface area contributed by atoms with Gasteiger partial charge in [-0.1, -0.05) is 47.1 Å². The number of hydrogen-bond donors (Lipinski definition) is 1. The van der Waals surface area contributed by atoms with E-state index in [0.29, 0.717) is 34.2 Å². The van der Waals surface area contributed by atoms with Crippen molar-refractivity contribution in [2.24, 2.45) is 0 Å². The van der Waals surface area contributed by atoms with Gasteiger partial charge in [0.05, 0.1) is 23.0 Å². The number of rotatable bonds is 5. The monoisotopic (exact) mass is 480 g/mol. The van der Waals surface area contributed by atoms with Crippen molar-refractivity contribution in [3.8, 4) is 10.7 Å². The van der Waals surface area contributed by atoms with Gasteiger partial charge in [-0.25, -0.2) is 9.18 Å². The summed E-state index contributed by atoms with van der Waals surface area (Å²) >= 11 is 7.50. The second-order valence-electron chi connectivity index (χ2n) is 7.55. The number of nitrogens with zero attached hydrogens (tertiary/aromatic N) is 3. The molecule has 2 aromatic heterocycles. The van der Waals surface area contributed by atoms with E-state index < -0.39 is 11.9 Å². The van der Waals surface area contributed by atoms with Crippen molar-refractivity contribution >= 4 is 34.5 Å². The number of benzene rings is 2. The zero-order valence-electron chi connectivity index (χ0n) is 17.5. The summed E-state index contributed by atoms with van der Waals surface area (Å²) in [6.07, 6.45) is 0. The minimum absolute atomic E-state index is 0.270. The number of carbonyl (C=O) groups excluding carboxylic acids is 1. The fraction of sp³-hybridized carbons (Fsp3) is 0.125. The first-order valence-electron chi connectivity index (χ1n) is 10.2. The molecule has 0 saturated carbocycles. The smallest absolute Gasteiger partial charge is 0.322 e. The van der Waals surface area contributed by atoms with Crippen molar-refractivity contribution in [3.05, 3.63) is 99.6 Å². The van der Waals surface area contributed by atoms with E-state index in [1.165, 1.54) is 23.5 Å². The van der Waals surface area contributed by atoms with Gasteiger partial charge in [-0.2, -0.15) is 4.98 Å². The molecule has 0 fully saturated rings. The number of halogens is 2. The molecule has 9 heteroatoms. The van der Waals surface area contributed by atoms with Gasteiger partial charge < -0.3 is 9.84 Å². The van der Waals surface area contributed by atoms with Gasteiger partial charge in [0.15, 0.2) is 0 Å². The molecule has 0 spiro atoms. The van der Waals surface area contributed by atoms with Crippen LogP contribution in [0, 0.1) is 5.82 Å². The van der Waals surface area contributed by atoms with Crippen LogP contribution in [0.4, 0.5) is 9.18 Å². The van der Waals surface area contributed by atoms with Gasteiger partial charge in [0.2, 0.25) is 5.82 Å². The van der Waals surface area contributed by atoms with E-state index in [9.17, 15) is 9.18 Å². The molecule has 2 amide bonds. The predicted octanol–water partition coefficient (Wildman–Crippen LogP) is 6.29. The van der Waals surface area contributed by atoms with Gasteiger partial charge in [-0.05, 0) is 53.8 Å². The first-order chi connectivity index (χ1) is 16.0. The third-order valence-electron chi connectivity index (χ3n) is 5.43. The number of aromatic nitrogens is 2. The topological polar surface area (TPSA) is 71.3 Å². The lowest BCUT2D eigenvalue weighted by Crippen LogP contribution is -2.45. The number of hydrogen-bond acceptors (Lipinski definition) is 5. The van der Waals surface area contributed by atoms with Crippen molar-refractivity contribution in [1.29, 1.82) is 0 Å². The van der Waals surface area contributed by atoms with Crippen LogP contribution in [0.3, 0.4) is 0 Å². The van der Waals surface area contributed by atoms with Crippen molar-refractivity contribution in [3.63, 3.8) is 0 Å². The average molecular weight is 481 g/mol. The van der Waals surface area contributed by atoms with Crippen LogP contribution in [0.1, 0.15) is 30.0 Å². The second-order valence-corrected chi connectivity index (χ2v) is 8.93. The third kappa shape index (κ3) is 4.27. The normalized spacial score (nSPS) is 16.3. The largest absolute Gasteiger partial charge is 0.334 e. The fourth-order valence-corrected chi connectivity index (χ4v) is 4.57. The molecular weight excluding hydrogens is 463 g/mol. The van der Waals surface area contributed by atoms with Crippen molar-refractivity contribution < 1.29 is 13.7 Å². The fourth-order valence-electron chi connectivity index (χ4n) is 3.80. The van der Waals surface area contributed by atoms with E-state index in [1.807, 2.05) is 36.6 Å². The Morgan fingerprint density at radius 1 is 1.18 bits per heavy atom. The Labute approximate surface area is 198 Å². The molecule has 4 aromatic rings. The number of carbonyl (C=O) groups is 1. The predicted molar refractivity (Wildman–Crippen MR) is 125 cm³/mol. The van der Waals surface area contributed by atoms with Crippen molar-refractivity contribution in [2.45, 2.75) is 19.5 Å². The van der Waals surface area contributed by atoms with Gasteiger partial charge >= 0.3 is 6.03 Å². The Morgan fingerprint density at radius 3 is 2.73 bits per heavy atom. The van der Waals surface area contributed by atoms with Crippen LogP contribution >= 0.6 is 22.9 Å². The van der Waals surface area contributed by atoms with Crippen LogP contribution in [-0.2, 0) is 6.54 Å². The van der Waals surface area contributed by atoms with Gasteiger partial charge in [-0.3, -0.25) is 4.90 Å². The molecular formula is C24H18ClFN4O2S. The zero-order valence-corrected chi connectivity index (χ0v) is 19.0. The van der Waals surface area contributed by atoms with Crippen molar-refractivity contribution in [1.82, 2.24) is 20.4 Å². The van der Waals surface area contributed by atoms with E-state index in [-0.39, 0.29) is 11.9 Å². The molecule has 33 heavy (non-hydrogen) atoms. The highest BCUT2D eigenvalue weighted by Crippen LogP contribution is 2.38. The van der Waals surface area contributed by atoms with Crippen LogP contribution in [-0.4, -0.2) is 21.1 Å². The molecule has 1 aliphatic rings. The molecule has 1 unspecified atom stereocenters. The van der Waals surface area contributed by atoms with E-state index >= 15 is 0 Å². The first kappa shape index (κ1) is 21.4. The summed E-state index contributed by atoms with van der Waals surface area (Å²) in [5.74, 6) is 0.331. The molecule has 6 nitrogen and oxygen atoms in total. The lowest BCUT2D eigenvalue weighted by molar-refractivity contribution is 0.203. The Bertz CT molecular complexity index is 1330. The number of nitrogens with one attached hydrogen (secondary N) is 1. The lowest BCUT2D eigenvalue weighted by atomic mass is 9.94. The van der Waals surface area contributed by atoms with Gasteiger partial charge in [-0.15, -0.1) is 11.3 Å². The highest BCUT2D eigenvalue weighted by atomic mass is 35.5. The Hall–Kier alpha value is -3.49. The Balaban J connectivity index is 1.60. The Kier molecular flexibility index (Phi) is 5.70. The summed E-state index contributed by atoms with van der Waals surface area (Å²) in [5.41, 5.74) is 2.75. The summed E-state index contributed by atoms with van der Waals surface area (Å²) in [6.45, 7) is 2.14. The summed E-state index contributed by atoms with van der Waals surface area (Å²) in [6, 6.07) is 16.3. The average Bonchev–Trinajstić information content (AvgIpc) is 3.50. The van der Waals surface area contributed by atoms with Crippen LogP contribution in [0.25, 0.3) is 16.3 Å². The Morgan fingerprint density at radius 2 is 2.00 bits per heavy atom. The highest BCUT2D eigenvalue weighted by molar-refractivity contribution is 7.13. The maximum Gasteiger partial charge on any atom is 0.322 e. The minimum Gasteiger partial charge on any atom is -0.334 e. The quantitative estimate of drug-likeness (QED) is 0.364. The third-order valence-corrected chi connectivity index (χ3v) is 6.55. The minimum atomic E-state index is -0.647. The summed E-state index contributed by atoms with van der Waals surface area (Å²) in [7, 11) is 0. The number of allylic oxidation sites excluding steroid dienone is 1. The molecule has 0 radical (unpaired) electrons. The summed E-state index contributed by atoms with van der Waals surface area (Å²) in [5, 5.41) is 9.65. The number of thiophene rings is 1. The number of urea groups is 1. The molecule has 1 aliphatic heterocycles. The second kappa shape index (κ2) is 8.80. The van der Waals surface area contributed by atoms with Crippen molar-refractivity contribution in [2.75, 3.05) is 0 Å². The van der Waals surface area contributed by atoms with Crippen LogP contribution in [0.15, 0.2) is 76.3 Å². The molecule has 0 aliphatic carbocycles. The van der Waals surface area contributed by atoms with Gasteiger partial charge in [0.25, 0.3) is 5.89 Å². The summed E-state index contributed by atoms with van der Waals surface area (Å²) in [4.78, 5) is 20.2. The maximum atomic E-state index is 14.0. The zero-order chi connectivity index (χ0) is 22.9. The van der Waals surface area contributed by atoms with E-state index in [4.69, 9.17) is 16.1 Å².